The molecule has 0 unspecified atom stereocenters. The molecule has 4 aromatic heterocycles. The number of aromatic amines is 1. The highest BCUT2D eigenvalue weighted by atomic mass is 15.1. The van der Waals surface area contributed by atoms with Crippen LogP contribution in [0.25, 0.3) is 111 Å². The molecule has 0 aliphatic carbocycles. The van der Waals surface area contributed by atoms with Gasteiger partial charge in [0.15, 0.2) is 0 Å². The molecule has 358 valence electrons. The molecular weight excluding hydrogens is 899 g/mol. The van der Waals surface area contributed by atoms with E-state index >= 15 is 0 Å². The first-order valence-corrected chi connectivity index (χ1v) is 26.0. The van der Waals surface area contributed by atoms with Gasteiger partial charge < -0.3 is 4.98 Å². The molecule has 5 heteroatoms. The zero-order chi connectivity index (χ0) is 50.2. The lowest BCUT2D eigenvalue weighted by Crippen LogP contribution is -2.19. The van der Waals surface area contributed by atoms with Crippen molar-refractivity contribution in [1.82, 2.24) is 24.1 Å². The lowest BCUT2D eigenvalue weighted by Gasteiger charge is -2.26. The predicted octanol–water partition coefficient (Wildman–Crippen LogP) is 18.4. The summed E-state index contributed by atoms with van der Waals surface area (Å²) in [5.41, 5.74) is 20.3. The van der Waals surface area contributed by atoms with Gasteiger partial charge in [0.25, 0.3) is 0 Å². The van der Waals surface area contributed by atoms with Gasteiger partial charge in [0.2, 0.25) is 0 Å². The maximum absolute atomic E-state index is 5.80. The molecule has 0 aliphatic rings. The average Bonchev–Trinajstić information content (AvgIpc) is 4.13. The molecule has 0 fully saturated rings. The number of imidazole rings is 1. The maximum atomic E-state index is 5.80. The van der Waals surface area contributed by atoms with Crippen LogP contribution in [-0.4, -0.2) is 24.1 Å². The van der Waals surface area contributed by atoms with Crippen molar-refractivity contribution in [2.24, 2.45) is 0 Å². The molecule has 0 bridgehead atoms. The molecule has 0 atom stereocenters. The van der Waals surface area contributed by atoms with Gasteiger partial charge in [-0.3, -0.25) is 9.13 Å². The van der Waals surface area contributed by atoms with E-state index in [1.54, 1.807) is 0 Å². The summed E-state index contributed by atoms with van der Waals surface area (Å²) in [4.78, 5) is 14.9. The molecule has 4 heterocycles. The second kappa shape index (κ2) is 17.7. The summed E-state index contributed by atoms with van der Waals surface area (Å²) >= 11 is 0. The Bertz CT molecular complexity index is 4250. The summed E-state index contributed by atoms with van der Waals surface area (Å²) in [5.74, 6) is 2.50. The molecule has 0 spiro atoms. The third-order valence-corrected chi connectivity index (χ3v) is 15.6. The number of rotatable bonds is 10. The molecule has 0 saturated heterocycles. The van der Waals surface area contributed by atoms with Gasteiger partial charge in [0.1, 0.15) is 11.6 Å². The number of H-pyrrole nitrogens is 1. The number of aromatic nitrogens is 5. The molecule has 0 saturated carbocycles. The van der Waals surface area contributed by atoms with Crippen molar-refractivity contribution in [2.75, 3.05) is 0 Å². The highest BCUT2D eigenvalue weighted by molar-refractivity contribution is 6.18. The summed E-state index contributed by atoms with van der Waals surface area (Å²) in [5, 5.41) is 4.81. The third kappa shape index (κ3) is 7.37. The van der Waals surface area contributed by atoms with E-state index in [1.165, 1.54) is 66.1 Å². The largest absolute Gasteiger partial charge is 0.354 e. The van der Waals surface area contributed by atoms with Crippen LogP contribution in [0.1, 0.15) is 75.6 Å². The molecule has 74 heavy (non-hydrogen) atoms. The summed E-state index contributed by atoms with van der Waals surface area (Å²) in [6.07, 6.45) is 1.99. The summed E-state index contributed by atoms with van der Waals surface area (Å²) in [6.45, 7) is 13.9. The number of hydrogen-bond donors (Lipinski definition) is 1. The van der Waals surface area contributed by atoms with Gasteiger partial charge in [-0.2, -0.15) is 0 Å². The minimum atomic E-state index is -0.245. The lowest BCUT2D eigenvalue weighted by molar-refractivity contribution is 0.639. The highest BCUT2D eigenvalue weighted by Gasteiger charge is 2.27. The van der Waals surface area contributed by atoms with Crippen LogP contribution < -0.4 is 0 Å². The molecule has 5 nitrogen and oxygen atoms in total. The van der Waals surface area contributed by atoms with Crippen LogP contribution in [0.4, 0.5) is 0 Å². The number of pyridine rings is 1. The van der Waals surface area contributed by atoms with Crippen LogP contribution >= 0.6 is 0 Å². The summed E-state index contributed by atoms with van der Waals surface area (Å²) in [6, 6.07) is 77.3. The first-order chi connectivity index (χ1) is 36.1. The van der Waals surface area contributed by atoms with E-state index in [9.17, 15) is 0 Å². The summed E-state index contributed by atoms with van der Waals surface area (Å²) in [7, 11) is 0. The van der Waals surface area contributed by atoms with E-state index in [2.05, 4.69) is 268 Å². The van der Waals surface area contributed by atoms with Crippen LogP contribution in [-0.2, 0) is 5.41 Å². The molecule has 0 amide bonds. The van der Waals surface area contributed by atoms with Gasteiger partial charge in [-0.1, -0.05) is 193 Å². The van der Waals surface area contributed by atoms with E-state index in [-0.39, 0.29) is 5.41 Å². The number of benzene rings is 9. The first kappa shape index (κ1) is 45.1. The molecule has 13 aromatic rings. The second-order valence-electron chi connectivity index (χ2n) is 21.1. The number of nitrogens with zero attached hydrogens (tertiary/aromatic N) is 4. The van der Waals surface area contributed by atoms with E-state index in [0.717, 1.165) is 67.1 Å². The standard InChI is InChI=1S/C69H57N5/c1-43(2)57-41-59-54-34-31-48(39-62(54)74(63(59)42-58(57)44(3)4)64-40-50(37-38-70-64)69(5,6)49-23-14-9-15-24-49)53-26-18-28-61-66(53)72-68(73(61)51-32-29-46(30-33-51)45-19-10-7-11-20-45)56-36-35-52(47-21-12-8-13-22-47)65-55-25-16-17-27-60(55)71-67(56)65/h7-44,71H,1-6H3. The van der Waals surface area contributed by atoms with Gasteiger partial charge in [-0.15, -0.1) is 0 Å². The Morgan fingerprint density at radius 2 is 1.08 bits per heavy atom. The van der Waals surface area contributed by atoms with E-state index in [4.69, 9.17) is 9.97 Å². The Labute approximate surface area is 432 Å². The minimum absolute atomic E-state index is 0.245. The monoisotopic (exact) mass is 955 g/mol. The van der Waals surface area contributed by atoms with Crippen LogP contribution in [0.2, 0.25) is 0 Å². The Kier molecular flexibility index (Phi) is 10.8. The zero-order valence-electron chi connectivity index (χ0n) is 42.7. The van der Waals surface area contributed by atoms with Crippen LogP contribution in [0, 0.1) is 0 Å². The average molecular weight is 956 g/mol. The first-order valence-electron chi connectivity index (χ1n) is 26.0. The van der Waals surface area contributed by atoms with Crippen molar-refractivity contribution >= 4 is 54.6 Å². The molecule has 1 N–H and O–H groups in total. The van der Waals surface area contributed by atoms with Crippen LogP contribution in [0.3, 0.4) is 0 Å². The molecule has 13 rings (SSSR count). The number of hydrogen-bond acceptors (Lipinski definition) is 2. The van der Waals surface area contributed by atoms with Gasteiger partial charge in [-0.25, -0.2) is 9.97 Å². The van der Waals surface area contributed by atoms with Crippen molar-refractivity contribution in [2.45, 2.75) is 58.8 Å². The smallest absolute Gasteiger partial charge is 0.147 e. The van der Waals surface area contributed by atoms with Gasteiger partial charge >= 0.3 is 0 Å². The fourth-order valence-corrected chi connectivity index (χ4v) is 11.7. The highest BCUT2D eigenvalue weighted by Crippen LogP contribution is 2.45. The maximum Gasteiger partial charge on any atom is 0.147 e. The van der Waals surface area contributed by atoms with Crippen molar-refractivity contribution in [3.8, 4) is 56.3 Å². The van der Waals surface area contributed by atoms with Gasteiger partial charge in [0.05, 0.1) is 27.6 Å². The topological polar surface area (TPSA) is 51.4 Å². The zero-order valence-corrected chi connectivity index (χ0v) is 42.7. The van der Waals surface area contributed by atoms with E-state index in [0.29, 0.717) is 11.8 Å². The molecule has 0 aliphatic heterocycles. The predicted molar refractivity (Wildman–Crippen MR) is 311 cm³/mol. The third-order valence-electron chi connectivity index (χ3n) is 15.6. The molecular formula is C69H57N5. The van der Waals surface area contributed by atoms with Crippen molar-refractivity contribution in [3.63, 3.8) is 0 Å². The van der Waals surface area contributed by atoms with E-state index in [1.807, 2.05) is 6.20 Å². The van der Waals surface area contributed by atoms with Crippen molar-refractivity contribution in [1.29, 1.82) is 0 Å². The van der Waals surface area contributed by atoms with Crippen molar-refractivity contribution < 1.29 is 0 Å². The number of fused-ring (bicyclic) bond motifs is 7. The fraction of sp³-hybridized carbons (Fsp3) is 0.130. The normalized spacial score (nSPS) is 12.2. The quantitative estimate of drug-likeness (QED) is 0.148. The second-order valence-corrected chi connectivity index (χ2v) is 21.1. The Morgan fingerprint density at radius 1 is 0.446 bits per heavy atom. The number of nitrogens with one attached hydrogen (secondary N) is 1. The lowest BCUT2D eigenvalue weighted by atomic mass is 9.78. The minimum Gasteiger partial charge on any atom is -0.354 e. The van der Waals surface area contributed by atoms with Crippen LogP contribution in [0.5, 0.6) is 0 Å². The van der Waals surface area contributed by atoms with Gasteiger partial charge in [0, 0.05) is 55.5 Å². The van der Waals surface area contributed by atoms with Crippen molar-refractivity contribution in [3.05, 3.63) is 241 Å². The number of para-hydroxylation sites is 2. The molecule has 0 radical (unpaired) electrons. The van der Waals surface area contributed by atoms with E-state index < -0.39 is 0 Å². The SMILES string of the molecule is CC(C)c1cc2c3ccc(-c4cccc5c4nc(-c4ccc(-c6ccccc6)c6c4[nH]c4ccccc46)n5-c4ccc(-c5ccccc5)cc4)cc3n(-c3cc(C(C)(C)c4ccccc4)ccn3)c2cc1C(C)C. The molecule has 9 aromatic carbocycles. The summed E-state index contributed by atoms with van der Waals surface area (Å²) < 4.78 is 4.77. The Hall–Kier alpha value is -8.80. The fourth-order valence-electron chi connectivity index (χ4n) is 11.7. The Morgan fingerprint density at radius 3 is 1.82 bits per heavy atom. The Balaban J connectivity index is 1.06. The van der Waals surface area contributed by atoms with Crippen LogP contribution in [0.15, 0.2) is 219 Å². The van der Waals surface area contributed by atoms with Gasteiger partial charge in [-0.05, 0) is 123 Å².